The van der Waals surface area contributed by atoms with Gasteiger partial charge in [0.15, 0.2) is 0 Å². The maximum absolute atomic E-state index is 5.96. The maximum Gasteiger partial charge on any atom is -0.00204 e. The van der Waals surface area contributed by atoms with Crippen molar-refractivity contribution < 1.29 is 0 Å². The van der Waals surface area contributed by atoms with E-state index in [-0.39, 0.29) is 0 Å². The third-order valence-corrected chi connectivity index (χ3v) is 4.35. The number of hydrogen-bond acceptors (Lipinski definition) is 1. The van der Waals surface area contributed by atoms with Crippen LogP contribution in [0.15, 0.2) is 0 Å². The third kappa shape index (κ3) is 2.31. The quantitative estimate of drug-likeness (QED) is 0.732. The summed E-state index contributed by atoms with van der Waals surface area (Å²) in [5.74, 6) is 1.83. The molecule has 1 nitrogen and oxygen atoms in total. The molecule has 0 saturated heterocycles. The van der Waals surface area contributed by atoms with Gasteiger partial charge in [-0.05, 0) is 30.2 Å². The summed E-state index contributed by atoms with van der Waals surface area (Å²) >= 11 is 0. The summed E-state index contributed by atoms with van der Waals surface area (Å²) in [5, 5.41) is 0. The first kappa shape index (κ1) is 12.0. The van der Waals surface area contributed by atoms with Crippen LogP contribution in [-0.2, 0) is 0 Å². The van der Waals surface area contributed by atoms with Crippen LogP contribution < -0.4 is 5.73 Å². The van der Waals surface area contributed by atoms with Crippen LogP contribution in [0, 0.1) is 17.3 Å². The summed E-state index contributed by atoms with van der Waals surface area (Å²) < 4.78 is 0. The normalized spacial score (nSPS) is 38.6. The molecular weight excluding hydrogens is 170 g/mol. The van der Waals surface area contributed by atoms with Gasteiger partial charge in [-0.1, -0.05) is 52.9 Å². The molecule has 1 aliphatic rings. The minimum atomic E-state index is 0.437. The Bertz CT molecular complexity index is 165. The lowest BCUT2D eigenvalue weighted by atomic mass is 9.61. The van der Waals surface area contributed by atoms with Crippen molar-refractivity contribution in [1.29, 1.82) is 0 Å². The average molecular weight is 197 g/mol. The number of nitrogens with two attached hydrogens (primary N) is 1. The Kier molecular flexibility index (Phi) is 4.43. The van der Waals surface area contributed by atoms with E-state index in [1.807, 2.05) is 0 Å². The first-order valence-electron chi connectivity index (χ1n) is 6.38. The lowest BCUT2D eigenvalue weighted by Gasteiger charge is -2.45. The van der Waals surface area contributed by atoms with Gasteiger partial charge >= 0.3 is 0 Å². The van der Waals surface area contributed by atoms with Crippen molar-refractivity contribution in [2.75, 3.05) is 6.54 Å². The van der Waals surface area contributed by atoms with Crippen molar-refractivity contribution in [3.8, 4) is 0 Å². The van der Waals surface area contributed by atoms with Gasteiger partial charge in [-0.2, -0.15) is 0 Å². The highest BCUT2D eigenvalue weighted by Gasteiger charge is 2.39. The summed E-state index contributed by atoms with van der Waals surface area (Å²) in [6, 6.07) is 0. The first-order valence-corrected chi connectivity index (χ1v) is 6.38. The van der Waals surface area contributed by atoms with Gasteiger partial charge in [0.2, 0.25) is 0 Å². The van der Waals surface area contributed by atoms with Crippen molar-refractivity contribution in [2.24, 2.45) is 23.0 Å². The molecule has 2 N–H and O–H groups in total. The van der Waals surface area contributed by atoms with E-state index in [1.165, 1.54) is 38.5 Å². The van der Waals surface area contributed by atoms with Crippen LogP contribution in [-0.4, -0.2) is 6.54 Å². The molecule has 0 aromatic rings. The molecule has 84 valence electrons. The van der Waals surface area contributed by atoms with E-state index in [0.29, 0.717) is 5.41 Å². The molecule has 0 bridgehead atoms. The fourth-order valence-corrected chi connectivity index (χ4v) is 3.52. The SMILES string of the molecule is CCC[C@H]1CCCC(C)(CN)C1CC. The fourth-order valence-electron chi connectivity index (χ4n) is 3.52. The Morgan fingerprint density at radius 1 is 1.36 bits per heavy atom. The van der Waals surface area contributed by atoms with Crippen LogP contribution >= 0.6 is 0 Å². The third-order valence-electron chi connectivity index (χ3n) is 4.35. The molecular formula is C13H27N. The van der Waals surface area contributed by atoms with E-state index in [9.17, 15) is 0 Å². The van der Waals surface area contributed by atoms with Crippen LogP contribution in [0.2, 0.25) is 0 Å². The van der Waals surface area contributed by atoms with Crippen LogP contribution in [0.25, 0.3) is 0 Å². The molecule has 0 spiro atoms. The van der Waals surface area contributed by atoms with Gasteiger partial charge in [0.1, 0.15) is 0 Å². The zero-order valence-electron chi connectivity index (χ0n) is 10.2. The lowest BCUT2D eigenvalue weighted by Crippen LogP contribution is -2.42. The van der Waals surface area contributed by atoms with E-state index >= 15 is 0 Å². The van der Waals surface area contributed by atoms with Gasteiger partial charge < -0.3 is 5.73 Å². The van der Waals surface area contributed by atoms with Crippen LogP contribution in [0.1, 0.15) is 59.3 Å². The predicted octanol–water partition coefficient (Wildman–Crippen LogP) is 3.58. The van der Waals surface area contributed by atoms with Crippen molar-refractivity contribution >= 4 is 0 Å². The van der Waals surface area contributed by atoms with E-state index in [2.05, 4.69) is 20.8 Å². The van der Waals surface area contributed by atoms with Gasteiger partial charge in [-0.3, -0.25) is 0 Å². The van der Waals surface area contributed by atoms with Gasteiger partial charge in [-0.25, -0.2) is 0 Å². The smallest absolute Gasteiger partial charge is 0.00204 e. The Morgan fingerprint density at radius 2 is 2.07 bits per heavy atom. The highest BCUT2D eigenvalue weighted by atomic mass is 14.6. The van der Waals surface area contributed by atoms with Crippen molar-refractivity contribution in [3.63, 3.8) is 0 Å². The lowest BCUT2D eigenvalue weighted by molar-refractivity contribution is 0.0565. The molecule has 1 rings (SSSR count). The summed E-state index contributed by atoms with van der Waals surface area (Å²) in [7, 11) is 0. The molecule has 1 saturated carbocycles. The maximum atomic E-state index is 5.96. The van der Waals surface area contributed by atoms with Crippen molar-refractivity contribution in [3.05, 3.63) is 0 Å². The summed E-state index contributed by atoms with van der Waals surface area (Å²) in [5.41, 5.74) is 6.40. The summed E-state index contributed by atoms with van der Waals surface area (Å²) in [4.78, 5) is 0. The fraction of sp³-hybridized carbons (Fsp3) is 1.00. The Balaban J connectivity index is 2.69. The Labute approximate surface area is 89.5 Å². The zero-order chi connectivity index (χ0) is 10.6. The molecule has 0 heterocycles. The van der Waals surface area contributed by atoms with E-state index in [4.69, 9.17) is 5.73 Å². The minimum Gasteiger partial charge on any atom is -0.330 e. The highest BCUT2D eigenvalue weighted by molar-refractivity contribution is 4.90. The Hall–Kier alpha value is -0.0400. The van der Waals surface area contributed by atoms with Crippen LogP contribution in [0.5, 0.6) is 0 Å². The minimum absolute atomic E-state index is 0.437. The van der Waals surface area contributed by atoms with Crippen molar-refractivity contribution in [2.45, 2.75) is 59.3 Å². The Morgan fingerprint density at radius 3 is 2.57 bits per heavy atom. The summed E-state index contributed by atoms with van der Waals surface area (Å²) in [6.45, 7) is 7.93. The first-order chi connectivity index (χ1) is 6.68. The molecule has 2 unspecified atom stereocenters. The standard InChI is InChI=1S/C13H27N/c1-4-7-11-8-6-9-13(3,10-14)12(11)5-2/h11-12H,4-10,14H2,1-3H3/t11-,12?,13?/m0/s1. The second kappa shape index (κ2) is 5.16. The highest BCUT2D eigenvalue weighted by Crippen LogP contribution is 2.46. The van der Waals surface area contributed by atoms with Gasteiger partial charge in [0.25, 0.3) is 0 Å². The van der Waals surface area contributed by atoms with E-state index in [0.717, 1.165) is 18.4 Å². The molecule has 1 heteroatoms. The van der Waals surface area contributed by atoms with Gasteiger partial charge in [-0.15, -0.1) is 0 Å². The average Bonchev–Trinajstić information content (AvgIpc) is 2.19. The van der Waals surface area contributed by atoms with Crippen molar-refractivity contribution in [1.82, 2.24) is 0 Å². The molecule has 3 atom stereocenters. The molecule has 0 aromatic heterocycles. The second-order valence-corrected chi connectivity index (χ2v) is 5.31. The predicted molar refractivity (Wildman–Crippen MR) is 63.2 cm³/mol. The summed E-state index contributed by atoms with van der Waals surface area (Å²) in [6.07, 6.45) is 8.26. The van der Waals surface area contributed by atoms with Gasteiger partial charge in [0.05, 0.1) is 0 Å². The van der Waals surface area contributed by atoms with Crippen LogP contribution in [0.3, 0.4) is 0 Å². The zero-order valence-corrected chi connectivity index (χ0v) is 10.2. The number of rotatable bonds is 4. The topological polar surface area (TPSA) is 26.0 Å². The van der Waals surface area contributed by atoms with Gasteiger partial charge in [0, 0.05) is 0 Å². The second-order valence-electron chi connectivity index (χ2n) is 5.31. The molecule has 0 amide bonds. The molecule has 0 radical (unpaired) electrons. The molecule has 14 heavy (non-hydrogen) atoms. The largest absolute Gasteiger partial charge is 0.330 e. The molecule has 1 fully saturated rings. The van der Waals surface area contributed by atoms with Crippen LogP contribution in [0.4, 0.5) is 0 Å². The molecule has 0 aromatic carbocycles. The van der Waals surface area contributed by atoms with E-state index < -0.39 is 0 Å². The molecule has 1 aliphatic carbocycles. The molecule has 0 aliphatic heterocycles. The number of hydrogen-bond donors (Lipinski definition) is 1. The monoisotopic (exact) mass is 197 g/mol. The van der Waals surface area contributed by atoms with E-state index in [1.54, 1.807) is 0 Å².